The SMILES string of the molecule is Cc1noc2c1-c1ccccc1C(c1ccc(C#CCN)cc1)=N[C@H]2CC(=O)OC(C)(C)C. The molecule has 2 N–H and O–H groups in total. The monoisotopic (exact) mass is 441 g/mol. The lowest BCUT2D eigenvalue weighted by Gasteiger charge is -2.20. The summed E-state index contributed by atoms with van der Waals surface area (Å²) in [5.74, 6) is 6.14. The van der Waals surface area contributed by atoms with Gasteiger partial charge < -0.3 is 15.0 Å². The zero-order valence-electron chi connectivity index (χ0n) is 19.3. The van der Waals surface area contributed by atoms with Crippen molar-refractivity contribution in [2.24, 2.45) is 10.7 Å². The van der Waals surface area contributed by atoms with E-state index in [0.29, 0.717) is 12.3 Å². The van der Waals surface area contributed by atoms with Crippen LogP contribution in [-0.2, 0) is 9.53 Å². The fourth-order valence-electron chi connectivity index (χ4n) is 3.91. The fourth-order valence-corrected chi connectivity index (χ4v) is 3.91. The van der Waals surface area contributed by atoms with Gasteiger partial charge in [0.1, 0.15) is 11.6 Å². The van der Waals surface area contributed by atoms with Crippen LogP contribution in [0.2, 0.25) is 0 Å². The number of carbonyl (C=O) groups excluding carboxylic acids is 1. The molecule has 0 radical (unpaired) electrons. The molecule has 33 heavy (non-hydrogen) atoms. The van der Waals surface area contributed by atoms with Crippen molar-refractivity contribution in [3.8, 4) is 23.0 Å². The minimum Gasteiger partial charge on any atom is -0.460 e. The lowest BCUT2D eigenvalue weighted by atomic mass is 9.92. The van der Waals surface area contributed by atoms with Gasteiger partial charge in [0.05, 0.1) is 29.9 Å². The van der Waals surface area contributed by atoms with Crippen LogP contribution in [0.15, 0.2) is 58.0 Å². The van der Waals surface area contributed by atoms with Gasteiger partial charge in [-0.15, -0.1) is 0 Å². The zero-order valence-corrected chi connectivity index (χ0v) is 19.3. The summed E-state index contributed by atoms with van der Waals surface area (Å²) in [7, 11) is 0. The first kappa shape index (κ1) is 22.5. The van der Waals surface area contributed by atoms with Crippen molar-refractivity contribution in [2.45, 2.75) is 45.8 Å². The van der Waals surface area contributed by atoms with E-state index >= 15 is 0 Å². The molecule has 1 aromatic heterocycles. The first-order valence-corrected chi connectivity index (χ1v) is 10.9. The molecule has 3 aromatic rings. The van der Waals surface area contributed by atoms with Crippen molar-refractivity contribution in [2.75, 3.05) is 6.54 Å². The summed E-state index contributed by atoms with van der Waals surface area (Å²) < 4.78 is 11.3. The zero-order chi connectivity index (χ0) is 23.6. The number of aliphatic imine (C=N–C) groups is 1. The number of aryl methyl sites for hydroxylation is 1. The van der Waals surface area contributed by atoms with Crippen molar-refractivity contribution in [1.29, 1.82) is 0 Å². The maximum Gasteiger partial charge on any atom is 0.308 e. The molecule has 0 unspecified atom stereocenters. The topological polar surface area (TPSA) is 90.7 Å². The number of carbonyl (C=O) groups is 1. The Bertz CT molecular complexity index is 1270. The molecule has 0 fully saturated rings. The third-order valence-corrected chi connectivity index (χ3v) is 5.20. The van der Waals surface area contributed by atoms with Crippen LogP contribution in [0, 0.1) is 18.8 Å². The molecular formula is C27H27N3O3. The molecular weight excluding hydrogens is 414 g/mol. The highest BCUT2D eigenvalue weighted by molar-refractivity contribution is 6.17. The standard InChI is InChI=1S/C27H27N3O3/c1-17-24-20-9-5-6-10-21(20)25(19-13-11-18(12-14-19)8-7-15-28)29-22(26(24)33-30-17)16-23(31)32-27(2,3)4/h5-6,9-14,22H,15-16,28H2,1-4H3/t22-/m0/s1. The van der Waals surface area contributed by atoms with Gasteiger partial charge in [0.15, 0.2) is 5.76 Å². The minimum absolute atomic E-state index is 0.0520. The highest BCUT2D eigenvalue weighted by atomic mass is 16.6. The number of hydrogen-bond donors (Lipinski definition) is 1. The second-order valence-corrected chi connectivity index (χ2v) is 8.92. The van der Waals surface area contributed by atoms with Crippen molar-refractivity contribution in [3.05, 3.63) is 76.7 Å². The van der Waals surface area contributed by atoms with Crippen molar-refractivity contribution in [1.82, 2.24) is 5.16 Å². The predicted octanol–water partition coefficient (Wildman–Crippen LogP) is 4.58. The number of nitrogens with two attached hydrogens (primary N) is 1. The summed E-state index contributed by atoms with van der Waals surface area (Å²) in [6, 6.07) is 15.3. The summed E-state index contributed by atoms with van der Waals surface area (Å²) in [4.78, 5) is 17.8. The van der Waals surface area contributed by atoms with Gasteiger partial charge in [-0.05, 0) is 45.4 Å². The van der Waals surface area contributed by atoms with E-state index in [4.69, 9.17) is 20.0 Å². The first-order chi connectivity index (χ1) is 15.8. The normalized spacial score (nSPS) is 14.8. The Balaban J connectivity index is 1.83. The first-order valence-electron chi connectivity index (χ1n) is 10.9. The number of benzene rings is 2. The highest BCUT2D eigenvalue weighted by Crippen LogP contribution is 2.41. The van der Waals surface area contributed by atoms with E-state index in [1.807, 2.05) is 76.2 Å². The van der Waals surface area contributed by atoms with E-state index in [0.717, 1.165) is 39.2 Å². The second kappa shape index (κ2) is 9.05. The van der Waals surface area contributed by atoms with E-state index in [9.17, 15) is 4.79 Å². The average molecular weight is 442 g/mol. The van der Waals surface area contributed by atoms with Gasteiger partial charge >= 0.3 is 5.97 Å². The number of esters is 1. The third-order valence-electron chi connectivity index (χ3n) is 5.20. The van der Waals surface area contributed by atoms with E-state index in [1.54, 1.807) is 0 Å². The molecule has 0 bridgehead atoms. The lowest BCUT2D eigenvalue weighted by Crippen LogP contribution is -2.24. The van der Waals surface area contributed by atoms with Crippen molar-refractivity contribution in [3.63, 3.8) is 0 Å². The molecule has 0 aliphatic carbocycles. The van der Waals surface area contributed by atoms with Crippen LogP contribution in [0.4, 0.5) is 0 Å². The van der Waals surface area contributed by atoms with Crippen LogP contribution < -0.4 is 5.73 Å². The molecule has 1 atom stereocenters. The second-order valence-electron chi connectivity index (χ2n) is 8.92. The van der Waals surface area contributed by atoms with E-state index in [-0.39, 0.29) is 12.4 Å². The van der Waals surface area contributed by atoms with Gasteiger partial charge in [-0.1, -0.05) is 53.4 Å². The lowest BCUT2D eigenvalue weighted by molar-refractivity contribution is -0.155. The highest BCUT2D eigenvalue weighted by Gasteiger charge is 2.32. The molecule has 1 aliphatic heterocycles. The van der Waals surface area contributed by atoms with E-state index in [2.05, 4.69) is 17.0 Å². The Kier molecular flexibility index (Phi) is 6.17. The van der Waals surface area contributed by atoms with Gasteiger partial charge in [-0.25, -0.2) is 0 Å². The third kappa shape index (κ3) is 4.89. The average Bonchev–Trinajstić information content (AvgIpc) is 3.09. The van der Waals surface area contributed by atoms with Crippen molar-refractivity contribution >= 4 is 11.7 Å². The number of ether oxygens (including phenoxy) is 1. The van der Waals surface area contributed by atoms with Crippen LogP contribution in [0.3, 0.4) is 0 Å². The maximum absolute atomic E-state index is 12.7. The van der Waals surface area contributed by atoms with Gasteiger partial charge in [-0.3, -0.25) is 9.79 Å². The van der Waals surface area contributed by atoms with E-state index in [1.165, 1.54) is 0 Å². The Morgan fingerprint density at radius 3 is 2.48 bits per heavy atom. The molecule has 1 aliphatic rings. The van der Waals surface area contributed by atoms with Crippen LogP contribution in [0.25, 0.3) is 11.1 Å². The van der Waals surface area contributed by atoms with Crippen LogP contribution in [-0.4, -0.2) is 29.0 Å². The molecule has 0 saturated carbocycles. The number of aromatic nitrogens is 1. The van der Waals surface area contributed by atoms with Crippen LogP contribution in [0.1, 0.15) is 61.4 Å². The number of nitrogens with zero attached hydrogens (tertiary/aromatic N) is 2. The summed E-state index contributed by atoms with van der Waals surface area (Å²) in [6.07, 6.45) is 0.0520. The Morgan fingerprint density at radius 2 is 1.82 bits per heavy atom. The summed E-state index contributed by atoms with van der Waals surface area (Å²) in [5.41, 5.74) is 11.1. The maximum atomic E-state index is 12.7. The fraction of sp³-hybridized carbons (Fsp3) is 0.296. The minimum atomic E-state index is -0.585. The Labute approximate surface area is 193 Å². The molecule has 6 heteroatoms. The Morgan fingerprint density at radius 1 is 1.12 bits per heavy atom. The van der Waals surface area contributed by atoms with Crippen LogP contribution >= 0.6 is 0 Å². The smallest absolute Gasteiger partial charge is 0.308 e. The predicted molar refractivity (Wildman–Crippen MR) is 128 cm³/mol. The number of rotatable bonds is 3. The molecule has 0 amide bonds. The van der Waals surface area contributed by atoms with Gasteiger partial charge in [-0.2, -0.15) is 0 Å². The van der Waals surface area contributed by atoms with E-state index < -0.39 is 11.6 Å². The molecule has 6 nitrogen and oxygen atoms in total. The molecule has 0 spiro atoms. The molecule has 2 aromatic carbocycles. The number of hydrogen-bond acceptors (Lipinski definition) is 6. The van der Waals surface area contributed by atoms with Crippen molar-refractivity contribution < 1.29 is 14.1 Å². The summed E-state index contributed by atoms with van der Waals surface area (Å²) >= 11 is 0. The molecule has 2 heterocycles. The van der Waals surface area contributed by atoms with Gasteiger partial charge in [0.25, 0.3) is 0 Å². The quantitative estimate of drug-likeness (QED) is 0.474. The summed E-state index contributed by atoms with van der Waals surface area (Å²) in [6.45, 7) is 7.76. The molecule has 0 saturated heterocycles. The molecule has 168 valence electrons. The van der Waals surface area contributed by atoms with Crippen LogP contribution in [0.5, 0.6) is 0 Å². The number of fused-ring (bicyclic) bond motifs is 3. The van der Waals surface area contributed by atoms with Gasteiger partial charge in [0, 0.05) is 16.7 Å². The Hall–Kier alpha value is -3.69. The van der Waals surface area contributed by atoms with Gasteiger partial charge in [0.2, 0.25) is 0 Å². The summed E-state index contributed by atoms with van der Waals surface area (Å²) in [5, 5.41) is 4.19. The largest absolute Gasteiger partial charge is 0.460 e. The molecule has 4 rings (SSSR count).